The maximum Gasteiger partial charge on any atom is 0.135 e. The smallest absolute Gasteiger partial charge is 0.135 e. The van der Waals surface area contributed by atoms with Gasteiger partial charge >= 0.3 is 0 Å². The number of fused-ring (bicyclic) bond motifs is 1. The monoisotopic (exact) mass is 235 g/mol. The van der Waals surface area contributed by atoms with Crippen LogP contribution in [0.2, 0.25) is 0 Å². The molecule has 0 bridgehead atoms. The third kappa shape index (κ3) is 1.63. The third-order valence-corrected chi connectivity index (χ3v) is 3.12. The van der Waals surface area contributed by atoms with Gasteiger partial charge in [0.2, 0.25) is 0 Å². The van der Waals surface area contributed by atoms with E-state index in [0.717, 1.165) is 33.4 Å². The zero-order chi connectivity index (χ0) is 12.5. The van der Waals surface area contributed by atoms with Crippen LogP contribution in [0, 0.1) is 12.3 Å². The van der Waals surface area contributed by atoms with E-state index in [2.05, 4.69) is 12.1 Å². The van der Waals surface area contributed by atoms with Crippen molar-refractivity contribution in [2.24, 2.45) is 0 Å². The van der Waals surface area contributed by atoms with E-state index in [9.17, 15) is 0 Å². The molecule has 0 radical (unpaired) electrons. The molecule has 1 aromatic heterocycles. The van der Waals surface area contributed by atoms with Crippen molar-refractivity contribution < 1.29 is 4.42 Å². The molecule has 0 fully saturated rings. The molecular weight excluding hydrogens is 222 g/mol. The van der Waals surface area contributed by atoms with Crippen molar-refractivity contribution in [2.75, 3.05) is 0 Å². The van der Waals surface area contributed by atoms with Crippen molar-refractivity contribution in [3.05, 3.63) is 59.9 Å². The predicted molar refractivity (Wildman–Crippen MR) is 74.3 cm³/mol. The Bertz CT molecular complexity index is 711. The Balaban J connectivity index is 2.30. The molecule has 1 heterocycles. The summed E-state index contributed by atoms with van der Waals surface area (Å²) in [7, 11) is 0. The summed E-state index contributed by atoms with van der Waals surface area (Å²) in [5.41, 5.74) is 4.00. The minimum atomic E-state index is 0.840. The van der Waals surface area contributed by atoms with Crippen molar-refractivity contribution in [3.63, 3.8) is 0 Å². The van der Waals surface area contributed by atoms with Gasteiger partial charge in [-0.05, 0) is 30.2 Å². The minimum absolute atomic E-state index is 0.840. The van der Waals surface area contributed by atoms with E-state index in [-0.39, 0.29) is 0 Å². The van der Waals surface area contributed by atoms with Gasteiger partial charge in [-0.2, -0.15) is 0 Å². The summed E-state index contributed by atoms with van der Waals surface area (Å²) in [6.07, 6.45) is 1.33. The van der Waals surface area contributed by atoms with Gasteiger partial charge in [-0.15, -0.1) is 0 Å². The van der Waals surface area contributed by atoms with Crippen LogP contribution in [0.1, 0.15) is 11.3 Å². The fourth-order valence-electron chi connectivity index (χ4n) is 2.29. The van der Waals surface area contributed by atoms with Crippen LogP contribution < -0.4 is 0 Å². The van der Waals surface area contributed by atoms with Gasteiger partial charge in [0, 0.05) is 17.2 Å². The normalized spacial score (nSPS) is 10.7. The van der Waals surface area contributed by atoms with E-state index in [1.54, 1.807) is 0 Å². The van der Waals surface area contributed by atoms with Crippen molar-refractivity contribution >= 4 is 17.2 Å². The molecule has 18 heavy (non-hydrogen) atoms. The number of rotatable bonds is 2. The first kappa shape index (κ1) is 10.8. The molecule has 0 aliphatic heterocycles. The lowest BCUT2D eigenvalue weighted by atomic mass is 10.0. The summed E-state index contributed by atoms with van der Waals surface area (Å²) in [4.78, 5) is 0. The number of aryl methyl sites for hydroxylation is 1. The van der Waals surface area contributed by atoms with Crippen molar-refractivity contribution in [1.82, 2.24) is 0 Å². The molecule has 88 valence electrons. The van der Waals surface area contributed by atoms with Gasteiger partial charge in [-0.3, -0.25) is 0 Å². The van der Waals surface area contributed by atoms with Crippen LogP contribution in [0.4, 0.5) is 0 Å². The average Bonchev–Trinajstić information content (AvgIpc) is 2.74. The van der Waals surface area contributed by atoms with E-state index in [1.807, 2.05) is 43.3 Å². The standard InChI is InChI=1S/C16H13NO/c1-11-16(13-5-3-2-4-6-13)14-8-7-12(10-17)9-15(14)18-11/h2-10,17H,1H3. The molecule has 0 aliphatic carbocycles. The van der Waals surface area contributed by atoms with Crippen molar-refractivity contribution in [3.8, 4) is 11.1 Å². The van der Waals surface area contributed by atoms with Crippen molar-refractivity contribution in [2.45, 2.75) is 6.92 Å². The van der Waals surface area contributed by atoms with Gasteiger partial charge in [0.1, 0.15) is 11.3 Å². The third-order valence-electron chi connectivity index (χ3n) is 3.12. The molecule has 3 rings (SSSR count). The second-order valence-electron chi connectivity index (χ2n) is 4.30. The molecule has 0 atom stereocenters. The number of nitrogens with one attached hydrogen (secondary N) is 1. The average molecular weight is 235 g/mol. The van der Waals surface area contributed by atoms with Gasteiger partial charge in [0.25, 0.3) is 0 Å². The Kier molecular flexibility index (Phi) is 2.49. The molecule has 1 N–H and O–H groups in total. The van der Waals surface area contributed by atoms with Crippen LogP contribution >= 0.6 is 0 Å². The Labute approximate surface area is 105 Å². The van der Waals surface area contributed by atoms with Gasteiger partial charge < -0.3 is 9.83 Å². The predicted octanol–water partition coefficient (Wildman–Crippen LogP) is 4.41. The van der Waals surface area contributed by atoms with Crippen LogP contribution in [0.15, 0.2) is 52.9 Å². The highest BCUT2D eigenvalue weighted by atomic mass is 16.3. The topological polar surface area (TPSA) is 37.0 Å². The molecule has 0 saturated carbocycles. The molecular formula is C16H13NO. The van der Waals surface area contributed by atoms with Crippen LogP contribution in [0.3, 0.4) is 0 Å². The Hall–Kier alpha value is -2.35. The highest BCUT2D eigenvalue weighted by molar-refractivity contribution is 5.98. The van der Waals surface area contributed by atoms with Gasteiger partial charge in [-0.1, -0.05) is 36.4 Å². The zero-order valence-corrected chi connectivity index (χ0v) is 10.1. The zero-order valence-electron chi connectivity index (χ0n) is 10.1. The Morgan fingerprint density at radius 3 is 2.56 bits per heavy atom. The number of hydrogen-bond donors (Lipinski definition) is 1. The molecule has 3 aromatic rings. The fourth-order valence-corrected chi connectivity index (χ4v) is 2.29. The number of furan rings is 1. The maximum absolute atomic E-state index is 7.28. The van der Waals surface area contributed by atoms with Gasteiger partial charge in [-0.25, -0.2) is 0 Å². The lowest BCUT2D eigenvalue weighted by molar-refractivity contribution is 0.580. The summed E-state index contributed by atoms with van der Waals surface area (Å²) in [6, 6.07) is 16.1. The molecule has 2 nitrogen and oxygen atoms in total. The van der Waals surface area contributed by atoms with Crippen LogP contribution in [-0.4, -0.2) is 6.21 Å². The van der Waals surface area contributed by atoms with Crippen molar-refractivity contribution in [1.29, 1.82) is 5.41 Å². The lowest BCUT2D eigenvalue weighted by Crippen LogP contribution is -1.79. The van der Waals surface area contributed by atoms with E-state index in [1.165, 1.54) is 6.21 Å². The van der Waals surface area contributed by atoms with E-state index in [4.69, 9.17) is 9.83 Å². The van der Waals surface area contributed by atoms with E-state index < -0.39 is 0 Å². The second kappa shape index (κ2) is 4.15. The van der Waals surface area contributed by atoms with Crippen LogP contribution in [0.25, 0.3) is 22.1 Å². The first-order valence-corrected chi connectivity index (χ1v) is 5.88. The highest BCUT2D eigenvalue weighted by Crippen LogP contribution is 2.34. The Morgan fingerprint density at radius 2 is 1.83 bits per heavy atom. The minimum Gasteiger partial charge on any atom is -0.461 e. The molecule has 2 heteroatoms. The van der Waals surface area contributed by atoms with Crippen LogP contribution in [0.5, 0.6) is 0 Å². The summed E-state index contributed by atoms with van der Waals surface area (Å²) >= 11 is 0. The molecule has 2 aromatic carbocycles. The number of hydrogen-bond acceptors (Lipinski definition) is 2. The molecule has 0 spiro atoms. The second-order valence-corrected chi connectivity index (χ2v) is 4.30. The molecule has 0 aliphatic rings. The van der Waals surface area contributed by atoms with Gasteiger partial charge in [0.05, 0.1) is 0 Å². The highest BCUT2D eigenvalue weighted by Gasteiger charge is 2.12. The Morgan fingerprint density at radius 1 is 1.06 bits per heavy atom. The first-order valence-electron chi connectivity index (χ1n) is 5.88. The largest absolute Gasteiger partial charge is 0.461 e. The maximum atomic E-state index is 7.28. The quantitative estimate of drug-likeness (QED) is 0.656. The lowest BCUT2D eigenvalue weighted by Gasteiger charge is -1.99. The van der Waals surface area contributed by atoms with Crippen LogP contribution in [-0.2, 0) is 0 Å². The SMILES string of the molecule is Cc1oc2cc(C=N)ccc2c1-c1ccccc1. The summed E-state index contributed by atoms with van der Waals surface area (Å²) in [6.45, 7) is 1.98. The molecule has 0 amide bonds. The molecule has 0 saturated heterocycles. The van der Waals surface area contributed by atoms with E-state index >= 15 is 0 Å². The first-order chi connectivity index (χ1) is 8.79. The number of benzene rings is 2. The fraction of sp³-hybridized carbons (Fsp3) is 0.0625. The van der Waals surface area contributed by atoms with Gasteiger partial charge in [0.15, 0.2) is 0 Å². The summed E-state index contributed by atoms with van der Waals surface area (Å²) < 4.78 is 5.79. The van der Waals surface area contributed by atoms with E-state index in [0.29, 0.717) is 0 Å². The molecule has 0 unspecified atom stereocenters. The summed E-state index contributed by atoms with van der Waals surface area (Å²) in [5.74, 6) is 0.915. The summed E-state index contributed by atoms with van der Waals surface area (Å²) in [5, 5.41) is 8.38.